The number of nitrogens with one attached hydrogen (secondary N) is 1. The van der Waals surface area contributed by atoms with Gasteiger partial charge in [0.1, 0.15) is 22.9 Å². The molecule has 4 heterocycles. The summed E-state index contributed by atoms with van der Waals surface area (Å²) in [6.07, 6.45) is 5.56. The molecule has 0 atom stereocenters. The average Bonchev–Trinajstić information content (AvgIpc) is 3.04. The topological polar surface area (TPSA) is 70.2 Å². The Bertz CT molecular complexity index is 1120. The number of nitrogens with zero attached hydrogens (tertiary/aromatic N) is 5. The Hall–Kier alpha value is -2.80. The fraction of sp³-hybridized carbons (Fsp3) is 0.480. The Morgan fingerprint density at radius 2 is 1.70 bits per heavy atom. The van der Waals surface area contributed by atoms with Crippen LogP contribution in [0.15, 0.2) is 24.5 Å². The lowest BCUT2D eigenvalue weighted by atomic mass is 9.96. The van der Waals surface area contributed by atoms with Crippen LogP contribution in [0.3, 0.4) is 0 Å². The molecule has 7 nitrogen and oxygen atoms in total. The molecule has 2 aromatic heterocycles. The fourth-order valence-electron chi connectivity index (χ4n) is 5.07. The number of H-pyrrole nitrogens is 1. The molecule has 1 N–H and O–H groups in total. The van der Waals surface area contributed by atoms with Gasteiger partial charge in [0.05, 0.1) is 12.8 Å². The zero-order valence-corrected chi connectivity index (χ0v) is 20.3. The fourth-order valence-corrected chi connectivity index (χ4v) is 5.41. The number of halogens is 1. The maximum absolute atomic E-state index is 6.92. The van der Waals surface area contributed by atoms with E-state index in [1.807, 2.05) is 6.07 Å². The molecule has 1 fully saturated rings. The van der Waals surface area contributed by atoms with Crippen LogP contribution in [0.2, 0.25) is 5.02 Å². The van der Waals surface area contributed by atoms with Crippen molar-refractivity contribution < 1.29 is 4.74 Å². The molecule has 0 saturated carbocycles. The van der Waals surface area contributed by atoms with Crippen molar-refractivity contribution in [3.05, 3.63) is 57.9 Å². The van der Waals surface area contributed by atoms with Gasteiger partial charge in [-0.3, -0.25) is 0 Å². The number of rotatable bonds is 4. The summed E-state index contributed by atoms with van der Waals surface area (Å²) in [5.41, 5.74) is 4.88. The monoisotopic (exact) mass is 466 g/mol. The third kappa shape index (κ3) is 4.26. The second kappa shape index (κ2) is 9.21. The third-order valence-electron chi connectivity index (χ3n) is 7.11. The number of benzene rings is 1. The Balaban J connectivity index is 1.31. The molecule has 1 aromatic carbocycles. The number of methoxy groups -OCH3 is 1. The van der Waals surface area contributed by atoms with Crippen LogP contribution in [0.1, 0.15) is 47.1 Å². The van der Waals surface area contributed by atoms with E-state index in [1.165, 1.54) is 11.1 Å². The Morgan fingerprint density at radius 3 is 2.36 bits per heavy atom. The molecule has 1 saturated heterocycles. The number of hydrogen-bond donors (Lipinski definition) is 1. The van der Waals surface area contributed by atoms with E-state index >= 15 is 0 Å². The zero-order chi connectivity index (χ0) is 22.9. The van der Waals surface area contributed by atoms with Crippen molar-refractivity contribution in [3.8, 4) is 5.75 Å². The summed E-state index contributed by atoms with van der Waals surface area (Å²) in [7, 11) is 1.74. The normalized spacial score (nSPS) is 17.1. The van der Waals surface area contributed by atoms with Gasteiger partial charge in [-0.15, -0.1) is 0 Å². The molecule has 2 aliphatic rings. The molecule has 5 rings (SSSR count). The van der Waals surface area contributed by atoms with Gasteiger partial charge in [-0.25, -0.2) is 15.0 Å². The van der Waals surface area contributed by atoms with Crippen molar-refractivity contribution in [2.24, 2.45) is 0 Å². The summed E-state index contributed by atoms with van der Waals surface area (Å²) in [5.74, 6) is 4.19. The first-order valence-electron chi connectivity index (χ1n) is 11.7. The van der Waals surface area contributed by atoms with Gasteiger partial charge in [0.15, 0.2) is 11.6 Å². The standard InChI is InChI=1S/C25H31ClN6O/c1-16-17(2)30-23(29-16)19-8-12-31(13-9-19)24-22(26)25(28-15-27-24)32-11-7-18-5-4-6-21(33-3)20(18)10-14-32/h4-6,15,19H,7-14H2,1-3H3,(H,29,30). The molecule has 0 bridgehead atoms. The summed E-state index contributed by atoms with van der Waals surface area (Å²) in [5, 5.41) is 0.651. The molecule has 0 amide bonds. The van der Waals surface area contributed by atoms with E-state index in [1.54, 1.807) is 13.4 Å². The lowest BCUT2D eigenvalue weighted by Gasteiger charge is -2.33. The van der Waals surface area contributed by atoms with Crippen LogP contribution >= 0.6 is 11.6 Å². The number of aromatic nitrogens is 4. The highest BCUT2D eigenvalue weighted by Crippen LogP contribution is 2.36. The number of anilines is 2. The summed E-state index contributed by atoms with van der Waals surface area (Å²) in [6, 6.07) is 6.30. The SMILES string of the molecule is COc1cccc2c1CCN(c1ncnc(N3CCC(c4nc(C)c(C)[nH]4)CC3)c1Cl)CC2. The lowest BCUT2D eigenvalue weighted by Crippen LogP contribution is -2.35. The van der Waals surface area contributed by atoms with Crippen LogP contribution in [-0.4, -0.2) is 53.2 Å². The molecule has 2 aliphatic heterocycles. The highest BCUT2D eigenvalue weighted by Gasteiger charge is 2.27. The van der Waals surface area contributed by atoms with Crippen LogP contribution < -0.4 is 14.5 Å². The van der Waals surface area contributed by atoms with Crippen molar-refractivity contribution >= 4 is 23.2 Å². The van der Waals surface area contributed by atoms with Crippen LogP contribution in [0, 0.1) is 13.8 Å². The van der Waals surface area contributed by atoms with E-state index in [9.17, 15) is 0 Å². The van der Waals surface area contributed by atoms with Crippen LogP contribution in [0.25, 0.3) is 0 Å². The third-order valence-corrected chi connectivity index (χ3v) is 7.45. The Labute approximate surface area is 200 Å². The number of fused-ring (bicyclic) bond motifs is 1. The minimum absolute atomic E-state index is 0.452. The van der Waals surface area contributed by atoms with Gasteiger partial charge >= 0.3 is 0 Å². The van der Waals surface area contributed by atoms with Gasteiger partial charge in [0.25, 0.3) is 0 Å². The summed E-state index contributed by atoms with van der Waals surface area (Å²) in [4.78, 5) is 21.9. The first-order chi connectivity index (χ1) is 16.0. The zero-order valence-electron chi connectivity index (χ0n) is 19.6. The predicted octanol–water partition coefficient (Wildman–Crippen LogP) is 4.47. The van der Waals surface area contributed by atoms with Crippen molar-refractivity contribution in [2.45, 2.75) is 45.4 Å². The van der Waals surface area contributed by atoms with Crippen LogP contribution in [-0.2, 0) is 12.8 Å². The van der Waals surface area contributed by atoms with Crippen LogP contribution in [0.5, 0.6) is 5.75 Å². The number of imidazole rings is 1. The maximum Gasteiger partial charge on any atom is 0.153 e. The van der Waals surface area contributed by atoms with Gasteiger partial charge < -0.3 is 19.5 Å². The van der Waals surface area contributed by atoms with Crippen molar-refractivity contribution in [2.75, 3.05) is 43.1 Å². The second-order valence-electron chi connectivity index (χ2n) is 9.01. The smallest absolute Gasteiger partial charge is 0.153 e. The molecular formula is C25H31ClN6O. The molecule has 0 aliphatic carbocycles. The molecule has 0 spiro atoms. The summed E-state index contributed by atoms with van der Waals surface area (Å²) < 4.78 is 5.60. The van der Waals surface area contributed by atoms with E-state index < -0.39 is 0 Å². The lowest BCUT2D eigenvalue weighted by molar-refractivity contribution is 0.409. The van der Waals surface area contributed by atoms with Crippen LogP contribution in [0.4, 0.5) is 11.6 Å². The van der Waals surface area contributed by atoms with Gasteiger partial charge in [0.2, 0.25) is 0 Å². The number of ether oxygens (including phenoxy) is 1. The highest BCUT2D eigenvalue weighted by atomic mass is 35.5. The summed E-state index contributed by atoms with van der Waals surface area (Å²) in [6.45, 7) is 7.67. The van der Waals surface area contributed by atoms with E-state index in [2.05, 4.69) is 50.7 Å². The average molecular weight is 467 g/mol. The molecule has 0 unspecified atom stereocenters. The number of piperidine rings is 1. The number of aryl methyl sites for hydroxylation is 2. The number of hydrogen-bond acceptors (Lipinski definition) is 6. The first-order valence-corrected chi connectivity index (χ1v) is 12.1. The Kier molecular flexibility index (Phi) is 6.15. The van der Waals surface area contributed by atoms with E-state index in [0.29, 0.717) is 10.9 Å². The maximum atomic E-state index is 6.92. The van der Waals surface area contributed by atoms with E-state index in [-0.39, 0.29) is 0 Å². The molecule has 3 aromatic rings. The summed E-state index contributed by atoms with van der Waals surface area (Å²) >= 11 is 6.92. The second-order valence-corrected chi connectivity index (χ2v) is 9.39. The first kappa shape index (κ1) is 22.0. The van der Waals surface area contributed by atoms with E-state index in [0.717, 1.165) is 86.5 Å². The largest absolute Gasteiger partial charge is 0.496 e. The molecule has 8 heteroatoms. The van der Waals surface area contributed by atoms with Crippen molar-refractivity contribution in [1.29, 1.82) is 0 Å². The minimum atomic E-state index is 0.452. The molecule has 174 valence electrons. The molecular weight excluding hydrogens is 436 g/mol. The quantitative estimate of drug-likeness (QED) is 0.611. The highest BCUT2D eigenvalue weighted by molar-refractivity contribution is 6.35. The van der Waals surface area contributed by atoms with Gasteiger partial charge in [-0.1, -0.05) is 23.7 Å². The molecule has 0 radical (unpaired) electrons. The van der Waals surface area contributed by atoms with Crippen molar-refractivity contribution in [3.63, 3.8) is 0 Å². The predicted molar refractivity (Wildman–Crippen MR) is 132 cm³/mol. The molecule has 33 heavy (non-hydrogen) atoms. The Morgan fingerprint density at radius 1 is 1.00 bits per heavy atom. The van der Waals surface area contributed by atoms with Gasteiger partial charge in [-0.05, 0) is 56.7 Å². The van der Waals surface area contributed by atoms with E-state index in [4.69, 9.17) is 21.3 Å². The number of aromatic amines is 1. The van der Waals surface area contributed by atoms with Gasteiger partial charge in [0, 0.05) is 37.8 Å². The van der Waals surface area contributed by atoms with Gasteiger partial charge in [-0.2, -0.15) is 0 Å². The van der Waals surface area contributed by atoms with Crippen molar-refractivity contribution in [1.82, 2.24) is 19.9 Å². The minimum Gasteiger partial charge on any atom is -0.496 e.